The van der Waals surface area contributed by atoms with Crippen LogP contribution in [-0.2, 0) is 4.79 Å². The van der Waals surface area contributed by atoms with Crippen LogP contribution < -0.4 is 4.74 Å². The van der Waals surface area contributed by atoms with E-state index in [9.17, 15) is 4.79 Å². The maximum absolute atomic E-state index is 11.7. The van der Waals surface area contributed by atoms with Crippen LogP contribution in [0.2, 0.25) is 10.0 Å². The third kappa shape index (κ3) is 5.15. The van der Waals surface area contributed by atoms with Crippen LogP contribution >= 0.6 is 23.2 Å². The number of hydrogen-bond acceptors (Lipinski definition) is 2. The van der Waals surface area contributed by atoms with E-state index in [0.717, 1.165) is 19.4 Å². The topological polar surface area (TPSA) is 29.5 Å². The van der Waals surface area contributed by atoms with Gasteiger partial charge in [0.25, 0.3) is 5.91 Å². The van der Waals surface area contributed by atoms with Crippen LogP contribution in [0.3, 0.4) is 0 Å². The van der Waals surface area contributed by atoms with E-state index < -0.39 is 0 Å². The fourth-order valence-corrected chi connectivity index (χ4v) is 1.89. The number of rotatable bonds is 6. The minimum Gasteiger partial charge on any atom is -0.484 e. The molecule has 0 aliphatic rings. The predicted octanol–water partition coefficient (Wildman–Crippen LogP) is 3.63. The van der Waals surface area contributed by atoms with E-state index >= 15 is 0 Å². The largest absolute Gasteiger partial charge is 0.484 e. The number of carbonyl (C=O) groups is 1. The van der Waals surface area contributed by atoms with E-state index in [1.807, 2.05) is 0 Å². The van der Waals surface area contributed by atoms with Crippen molar-refractivity contribution in [2.75, 3.05) is 20.2 Å². The number of benzene rings is 1. The molecule has 5 heteroatoms. The van der Waals surface area contributed by atoms with Gasteiger partial charge >= 0.3 is 0 Å². The minimum atomic E-state index is -0.0560. The van der Waals surface area contributed by atoms with Crippen molar-refractivity contribution in [3.8, 4) is 5.75 Å². The predicted molar refractivity (Wildman–Crippen MR) is 74.5 cm³/mol. The summed E-state index contributed by atoms with van der Waals surface area (Å²) in [4.78, 5) is 13.4. The first-order valence-corrected chi connectivity index (χ1v) is 6.61. The van der Waals surface area contributed by atoms with Gasteiger partial charge in [0.15, 0.2) is 6.61 Å². The van der Waals surface area contributed by atoms with Gasteiger partial charge in [-0.1, -0.05) is 36.5 Å². The minimum absolute atomic E-state index is 0.00309. The number of carbonyl (C=O) groups excluding carboxylic acids is 1. The molecule has 0 radical (unpaired) electrons. The zero-order valence-corrected chi connectivity index (χ0v) is 12.1. The second-order valence-electron chi connectivity index (χ2n) is 4.06. The molecule has 0 aliphatic heterocycles. The lowest BCUT2D eigenvalue weighted by atomic mass is 10.3. The van der Waals surface area contributed by atoms with Gasteiger partial charge in [-0.3, -0.25) is 4.79 Å². The molecular weight excluding hydrogens is 273 g/mol. The molecule has 0 spiro atoms. The van der Waals surface area contributed by atoms with Gasteiger partial charge in [-0.25, -0.2) is 0 Å². The summed E-state index contributed by atoms with van der Waals surface area (Å²) in [6.07, 6.45) is 2.05. The number of halogens is 2. The molecule has 0 heterocycles. The van der Waals surface area contributed by atoms with Crippen LogP contribution in [-0.4, -0.2) is 31.0 Å². The molecule has 0 N–H and O–H groups in total. The van der Waals surface area contributed by atoms with Crippen LogP contribution in [0.4, 0.5) is 0 Å². The average molecular weight is 290 g/mol. The van der Waals surface area contributed by atoms with Gasteiger partial charge in [0.1, 0.15) is 5.75 Å². The molecule has 0 bridgehead atoms. The highest BCUT2D eigenvalue weighted by Crippen LogP contribution is 2.24. The second-order valence-corrected chi connectivity index (χ2v) is 4.94. The average Bonchev–Trinajstić information content (AvgIpc) is 2.31. The normalized spacial score (nSPS) is 10.2. The molecule has 1 aromatic carbocycles. The lowest BCUT2D eigenvalue weighted by molar-refractivity contribution is -0.132. The summed E-state index contributed by atoms with van der Waals surface area (Å²) in [6.45, 7) is 2.83. The Kier molecular flexibility index (Phi) is 6.30. The molecule has 1 amide bonds. The first kappa shape index (κ1) is 15.1. The molecule has 3 nitrogen and oxygen atoms in total. The Hall–Kier alpha value is -0.930. The molecule has 0 atom stereocenters. The lowest BCUT2D eigenvalue weighted by Crippen LogP contribution is -2.32. The van der Waals surface area contributed by atoms with Crippen molar-refractivity contribution in [1.29, 1.82) is 0 Å². The van der Waals surface area contributed by atoms with Crippen molar-refractivity contribution in [3.63, 3.8) is 0 Å². The highest BCUT2D eigenvalue weighted by molar-refractivity contribution is 6.34. The maximum atomic E-state index is 11.7. The van der Waals surface area contributed by atoms with Gasteiger partial charge in [-0.15, -0.1) is 0 Å². The van der Waals surface area contributed by atoms with Crippen molar-refractivity contribution in [2.45, 2.75) is 19.8 Å². The fraction of sp³-hybridized carbons (Fsp3) is 0.462. The third-order valence-corrected chi connectivity index (χ3v) is 2.91. The molecule has 0 unspecified atom stereocenters. The van der Waals surface area contributed by atoms with E-state index in [4.69, 9.17) is 27.9 Å². The van der Waals surface area contributed by atoms with E-state index in [-0.39, 0.29) is 12.5 Å². The van der Waals surface area contributed by atoms with Gasteiger partial charge in [-0.2, -0.15) is 0 Å². The van der Waals surface area contributed by atoms with E-state index in [0.29, 0.717) is 15.8 Å². The summed E-state index contributed by atoms with van der Waals surface area (Å²) < 4.78 is 5.37. The number of unbranched alkanes of at least 4 members (excludes halogenated alkanes) is 1. The Morgan fingerprint density at radius 3 is 2.44 bits per heavy atom. The SMILES string of the molecule is CCCCN(C)C(=O)COc1cc(Cl)cc(Cl)c1. The Balaban J connectivity index is 2.46. The molecule has 1 rings (SSSR count). The number of amides is 1. The summed E-state index contributed by atoms with van der Waals surface area (Å²) in [6, 6.07) is 4.88. The Bertz CT molecular complexity index is 390. The van der Waals surface area contributed by atoms with Gasteiger partial charge < -0.3 is 9.64 Å². The van der Waals surface area contributed by atoms with Crippen molar-refractivity contribution >= 4 is 29.1 Å². The quantitative estimate of drug-likeness (QED) is 0.800. The molecular formula is C13H17Cl2NO2. The molecule has 0 aromatic heterocycles. The van der Waals surface area contributed by atoms with E-state index in [1.165, 1.54) is 0 Å². The van der Waals surface area contributed by atoms with Gasteiger partial charge in [-0.05, 0) is 24.6 Å². The van der Waals surface area contributed by atoms with Gasteiger partial charge in [0.05, 0.1) is 0 Å². The van der Waals surface area contributed by atoms with Crippen LogP contribution in [0.1, 0.15) is 19.8 Å². The number of likely N-dealkylation sites (N-methyl/N-ethyl adjacent to an activating group) is 1. The number of ether oxygens (including phenoxy) is 1. The standard InChI is InChI=1S/C13H17Cl2NO2/c1-3-4-5-16(2)13(17)9-18-12-7-10(14)6-11(15)8-12/h6-8H,3-5,9H2,1-2H3. The summed E-state index contributed by atoms with van der Waals surface area (Å²) in [7, 11) is 1.77. The Morgan fingerprint density at radius 1 is 1.28 bits per heavy atom. The van der Waals surface area contributed by atoms with Crippen LogP contribution in [0, 0.1) is 0 Å². The van der Waals surface area contributed by atoms with Crippen molar-refractivity contribution in [3.05, 3.63) is 28.2 Å². The second kappa shape index (κ2) is 7.49. The first-order chi connectivity index (χ1) is 8.52. The maximum Gasteiger partial charge on any atom is 0.260 e. The molecule has 100 valence electrons. The Labute approximate surface area is 118 Å². The summed E-state index contributed by atoms with van der Waals surface area (Å²) >= 11 is 11.7. The van der Waals surface area contributed by atoms with Crippen LogP contribution in [0.5, 0.6) is 5.75 Å². The molecule has 1 aromatic rings. The van der Waals surface area contributed by atoms with E-state index in [2.05, 4.69) is 6.92 Å². The van der Waals surface area contributed by atoms with Crippen molar-refractivity contribution < 1.29 is 9.53 Å². The molecule has 0 saturated heterocycles. The van der Waals surface area contributed by atoms with Gasteiger partial charge in [0.2, 0.25) is 0 Å². The molecule has 0 fully saturated rings. The number of nitrogens with zero attached hydrogens (tertiary/aromatic N) is 1. The third-order valence-electron chi connectivity index (χ3n) is 2.47. The molecule has 0 aliphatic carbocycles. The highest BCUT2D eigenvalue weighted by atomic mass is 35.5. The van der Waals surface area contributed by atoms with Crippen molar-refractivity contribution in [2.24, 2.45) is 0 Å². The summed E-state index contributed by atoms with van der Waals surface area (Å²) in [5.74, 6) is 0.448. The fourth-order valence-electron chi connectivity index (χ4n) is 1.39. The summed E-state index contributed by atoms with van der Waals surface area (Å²) in [5, 5.41) is 0.980. The molecule has 18 heavy (non-hydrogen) atoms. The highest BCUT2D eigenvalue weighted by Gasteiger charge is 2.09. The lowest BCUT2D eigenvalue weighted by Gasteiger charge is -2.17. The van der Waals surface area contributed by atoms with Crippen LogP contribution in [0.15, 0.2) is 18.2 Å². The summed E-state index contributed by atoms with van der Waals surface area (Å²) in [5.41, 5.74) is 0. The Morgan fingerprint density at radius 2 is 1.89 bits per heavy atom. The van der Waals surface area contributed by atoms with Crippen molar-refractivity contribution in [1.82, 2.24) is 4.90 Å². The zero-order chi connectivity index (χ0) is 13.5. The smallest absolute Gasteiger partial charge is 0.260 e. The zero-order valence-electron chi connectivity index (χ0n) is 10.6. The number of hydrogen-bond donors (Lipinski definition) is 0. The van der Waals surface area contributed by atoms with Gasteiger partial charge in [0, 0.05) is 23.6 Å². The first-order valence-electron chi connectivity index (χ1n) is 5.85. The van der Waals surface area contributed by atoms with E-state index in [1.54, 1.807) is 30.1 Å². The molecule has 0 saturated carbocycles. The monoisotopic (exact) mass is 289 g/mol. The van der Waals surface area contributed by atoms with Crippen LogP contribution in [0.25, 0.3) is 0 Å².